The quantitative estimate of drug-likeness (QED) is 0.515. The summed E-state index contributed by atoms with van der Waals surface area (Å²) < 4.78 is 0. The van der Waals surface area contributed by atoms with E-state index in [2.05, 4.69) is 15.0 Å². The van der Waals surface area contributed by atoms with Gasteiger partial charge in [0.15, 0.2) is 0 Å². The first kappa shape index (κ1) is 11.0. The molecule has 2 aromatic heterocycles. The highest BCUT2D eigenvalue weighted by molar-refractivity contribution is 6.40. The first-order valence-electron chi connectivity index (χ1n) is 5.73. The lowest BCUT2D eigenvalue weighted by Gasteiger charge is -1.99. The van der Waals surface area contributed by atoms with Crippen LogP contribution in [0, 0.1) is 0 Å². The zero-order valence-electron chi connectivity index (χ0n) is 9.61. The number of nitrogens with zero attached hydrogens (tertiary/aromatic N) is 2. The van der Waals surface area contributed by atoms with Crippen molar-refractivity contribution in [1.82, 2.24) is 15.0 Å². The number of rotatable bonds is 0. The van der Waals surface area contributed by atoms with Gasteiger partial charge in [-0.3, -0.25) is 0 Å². The van der Waals surface area contributed by atoms with Crippen molar-refractivity contribution in [3.8, 4) is 0 Å². The molecule has 0 radical (unpaired) electrons. The van der Waals surface area contributed by atoms with Crippen LogP contribution in [-0.2, 0) is 0 Å². The number of halogens is 2. The summed E-state index contributed by atoms with van der Waals surface area (Å²) >= 11 is 12.3. The fourth-order valence-corrected chi connectivity index (χ4v) is 3.01. The third-order valence-corrected chi connectivity index (χ3v) is 3.78. The second-order valence-corrected chi connectivity index (χ2v) is 5.23. The Morgan fingerprint density at radius 2 is 2.00 bits per heavy atom. The van der Waals surface area contributed by atoms with Crippen LogP contribution < -0.4 is 0 Å². The molecule has 0 amide bonds. The normalized spacial score (nSPS) is 11.7. The molecule has 0 unspecified atom stereocenters. The molecule has 0 aliphatic carbocycles. The van der Waals surface area contributed by atoms with E-state index in [4.69, 9.17) is 23.2 Å². The number of benzene rings is 2. The standard InChI is InChI=1S/C14H7Cl2N3/c15-8-3-9-12-11(19-14(9)10(16)4-8)2-1-7-5-17-6-18-13(7)12/h1-6,19H. The third-order valence-electron chi connectivity index (χ3n) is 3.26. The number of hydrogen-bond acceptors (Lipinski definition) is 2. The van der Waals surface area contributed by atoms with E-state index in [-0.39, 0.29) is 0 Å². The monoisotopic (exact) mass is 287 g/mol. The van der Waals surface area contributed by atoms with E-state index in [1.807, 2.05) is 18.2 Å². The van der Waals surface area contributed by atoms with Crippen molar-refractivity contribution in [3.63, 3.8) is 0 Å². The summed E-state index contributed by atoms with van der Waals surface area (Å²) in [6.07, 6.45) is 3.35. The molecule has 92 valence electrons. The van der Waals surface area contributed by atoms with E-state index in [1.165, 1.54) is 0 Å². The maximum atomic E-state index is 6.24. The van der Waals surface area contributed by atoms with Gasteiger partial charge in [0.2, 0.25) is 0 Å². The van der Waals surface area contributed by atoms with Gasteiger partial charge in [-0.05, 0) is 24.3 Å². The van der Waals surface area contributed by atoms with Crippen molar-refractivity contribution in [1.29, 1.82) is 0 Å². The smallest absolute Gasteiger partial charge is 0.116 e. The average molecular weight is 288 g/mol. The van der Waals surface area contributed by atoms with Crippen LogP contribution in [0.2, 0.25) is 10.0 Å². The van der Waals surface area contributed by atoms with Gasteiger partial charge in [-0.2, -0.15) is 0 Å². The molecule has 0 fully saturated rings. The summed E-state index contributed by atoms with van der Waals surface area (Å²) in [6, 6.07) is 7.63. The van der Waals surface area contributed by atoms with Crippen molar-refractivity contribution in [2.24, 2.45) is 0 Å². The van der Waals surface area contributed by atoms with Gasteiger partial charge >= 0.3 is 0 Å². The summed E-state index contributed by atoms with van der Waals surface area (Å²) in [5, 5.41) is 4.23. The summed E-state index contributed by atoms with van der Waals surface area (Å²) in [5.74, 6) is 0. The van der Waals surface area contributed by atoms with Gasteiger partial charge < -0.3 is 4.98 Å². The number of fused-ring (bicyclic) bond motifs is 5. The lowest BCUT2D eigenvalue weighted by atomic mass is 10.1. The first-order chi connectivity index (χ1) is 9.24. The van der Waals surface area contributed by atoms with Crippen LogP contribution in [0.15, 0.2) is 36.8 Å². The minimum Gasteiger partial charge on any atom is -0.353 e. The molecule has 0 aliphatic rings. The molecule has 2 aromatic carbocycles. The van der Waals surface area contributed by atoms with Crippen molar-refractivity contribution >= 4 is 55.9 Å². The van der Waals surface area contributed by atoms with Gasteiger partial charge in [-0.15, -0.1) is 0 Å². The Balaban J connectivity index is 2.35. The number of hydrogen-bond donors (Lipinski definition) is 1. The number of H-pyrrole nitrogens is 1. The molecule has 4 rings (SSSR count). The van der Waals surface area contributed by atoms with E-state index in [0.29, 0.717) is 10.0 Å². The van der Waals surface area contributed by atoms with Crippen molar-refractivity contribution < 1.29 is 0 Å². The Morgan fingerprint density at radius 1 is 1.11 bits per heavy atom. The van der Waals surface area contributed by atoms with E-state index in [0.717, 1.165) is 32.7 Å². The highest BCUT2D eigenvalue weighted by Gasteiger charge is 2.12. The van der Waals surface area contributed by atoms with E-state index in [1.54, 1.807) is 18.6 Å². The van der Waals surface area contributed by atoms with Gasteiger partial charge in [0.05, 0.1) is 16.1 Å². The molecule has 0 bridgehead atoms. The average Bonchev–Trinajstić information content (AvgIpc) is 2.78. The van der Waals surface area contributed by atoms with Crippen LogP contribution in [0.3, 0.4) is 0 Å². The van der Waals surface area contributed by atoms with Crippen LogP contribution >= 0.6 is 23.2 Å². The summed E-state index contributed by atoms with van der Waals surface area (Å²) in [7, 11) is 0. The van der Waals surface area contributed by atoms with Crippen LogP contribution in [0.5, 0.6) is 0 Å². The van der Waals surface area contributed by atoms with Gasteiger partial charge in [-0.1, -0.05) is 23.2 Å². The topological polar surface area (TPSA) is 41.6 Å². The molecule has 4 aromatic rings. The van der Waals surface area contributed by atoms with Gasteiger partial charge in [0.25, 0.3) is 0 Å². The molecule has 0 saturated carbocycles. The SMILES string of the molecule is Clc1cc(Cl)c2[nH]c3ccc4cncnc4c3c2c1. The fraction of sp³-hybridized carbons (Fsp3) is 0. The van der Waals surface area contributed by atoms with E-state index >= 15 is 0 Å². The Hall–Kier alpha value is -1.84. The maximum Gasteiger partial charge on any atom is 0.116 e. The fourth-order valence-electron chi connectivity index (χ4n) is 2.46. The van der Waals surface area contributed by atoms with E-state index in [9.17, 15) is 0 Å². The summed E-state index contributed by atoms with van der Waals surface area (Å²) in [4.78, 5) is 11.7. The highest BCUT2D eigenvalue weighted by atomic mass is 35.5. The molecule has 0 spiro atoms. The Bertz CT molecular complexity index is 944. The van der Waals surface area contributed by atoms with Crippen LogP contribution in [0.25, 0.3) is 32.7 Å². The Morgan fingerprint density at radius 3 is 2.89 bits per heavy atom. The molecular formula is C14H7Cl2N3. The number of aromatic amines is 1. The molecule has 1 N–H and O–H groups in total. The molecular weight excluding hydrogens is 281 g/mol. The second kappa shape index (κ2) is 3.83. The number of nitrogens with one attached hydrogen (secondary N) is 1. The largest absolute Gasteiger partial charge is 0.353 e. The Kier molecular flexibility index (Phi) is 2.22. The molecule has 2 heterocycles. The Labute approximate surface area is 118 Å². The molecule has 0 saturated heterocycles. The van der Waals surface area contributed by atoms with Crippen LogP contribution in [-0.4, -0.2) is 15.0 Å². The minimum atomic E-state index is 0.612. The van der Waals surface area contributed by atoms with Crippen molar-refractivity contribution in [3.05, 3.63) is 46.8 Å². The highest BCUT2D eigenvalue weighted by Crippen LogP contribution is 2.35. The van der Waals surface area contributed by atoms with Crippen molar-refractivity contribution in [2.75, 3.05) is 0 Å². The summed E-state index contributed by atoms with van der Waals surface area (Å²) in [6.45, 7) is 0. The van der Waals surface area contributed by atoms with Crippen molar-refractivity contribution in [2.45, 2.75) is 0 Å². The van der Waals surface area contributed by atoms with E-state index < -0.39 is 0 Å². The first-order valence-corrected chi connectivity index (χ1v) is 6.49. The molecule has 19 heavy (non-hydrogen) atoms. The second-order valence-electron chi connectivity index (χ2n) is 4.38. The van der Waals surface area contributed by atoms with Crippen LogP contribution in [0.1, 0.15) is 0 Å². The third kappa shape index (κ3) is 1.52. The minimum absolute atomic E-state index is 0.612. The lowest BCUT2D eigenvalue weighted by molar-refractivity contribution is 1.23. The predicted molar refractivity (Wildman–Crippen MR) is 78.9 cm³/mol. The zero-order chi connectivity index (χ0) is 13.0. The van der Waals surface area contributed by atoms with Gasteiger partial charge in [-0.25, -0.2) is 9.97 Å². The molecule has 0 aliphatic heterocycles. The maximum absolute atomic E-state index is 6.24. The molecule has 5 heteroatoms. The lowest BCUT2D eigenvalue weighted by Crippen LogP contribution is -1.81. The predicted octanol–water partition coefficient (Wildman–Crippen LogP) is 4.57. The summed E-state index contributed by atoms with van der Waals surface area (Å²) in [5.41, 5.74) is 2.77. The van der Waals surface area contributed by atoms with Gasteiger partial charge in [0.1, 0.15) is 6.33 Å². The number of aromatic nitrogens is 3. The zero-order valence-corrected chi connectivity index (χ0v) is 11.1. The van der Waals surface area contributed by atoms with Gasteiger partial charge in [0, 0.05) is 32.9 Å². The molecule has 0 atom stereocenters. The van der Waals surface area contributed by atoms with Crippen LogP contribution in [0.4, 0.5) is 0 Å². The molecule has 3 nitrogen and oxygen atoms in total.